The van der Waals surface area contributed by atoms with Crippen molar-refractivity contribution >= 4 is 27.5 Å². The molecule has 1 unspecified atom stereocenters. The molecule has 1 atom stereocenters. The molecule has 0 amide bonds. The van der Waals surface area contributed by atoms with Gasteiger partial charge in [0, 0.05) is 25.3 Å². The van der Waals surface area contributed by atoms with Crippen molar-refractivity contribution in [3.05, 3.63) is 22.8 Å². The summed E-state index contributed by atoms with van der Waals surface area (Å²) < 4.78 is 2.82. The summed E-state index contributed by atoms with van der Waals surface area (Å²) >= 11 is 3.54. The molecule has 6 heteroatoms. The smallest absolute Gasteiger partial charge is 0.245 e. The van der Waals surface area contributed by atoms with Gasteiger partial charge in [0.1, 0.15) is 0 Å². The highest BCUT2D eigenvalue weighted by Crippen LogP contribution is 2.20. The van der Waals surface area contributed by atoms with Crippen molar-refractivity contribution in [1.29, 1.82) is 0 Å². The van der Waals surface area contributed by atoms with Gasteiger partial charge in [-0.25, -0.2) is 4.52 Å². The number of pyridine rings is 1. The van der Waals surface area contributed by atoms with E-state index in [2.05, 4.69) is 45.1 Å². The van der Waals surface area contributed by atoms with Crippen LogP contribution in [0.3, 0.4) is 0 Å². The number of nitrogens with one attached hydrogen (secondary N) is 1. The van der Waals surface area contributed by atoms with E-state index in [1.165, 1.54) is 12.8 Å². The highest BCUT2D eigenvalue weighted by Gasteiger charge is 2.21. The third kappa shape index (κ3) is 3.37. The molecule has 114 valence electrons. The standard InChI is InChI=1S/C15H22BrN5/c1-11(2)9-20(10-12-5-3-7-17-12)15-18-14-13(16)6-4-8-21(14)19-15/h4,6,8,11-12,17H,3,5,7,9-10H2,1-2H3. The lowest BCUT2D eigenvalue weighted by atomic mass is 10.1. The van der Waals surface area contributed by atoms with Crippen LogP contribution in [-0.2, 0) is 0 Å². The van der Waals surface area contributed by atoms with Gasteiger partial charge < -0.3 is 10.2 Å². The summed E-state index contributed by atoms with van der Waals surface area (Å²) in [5.74, 6) is 1.41. The maximum atomic E-state index is 4.71. The van der Waals surface area contributed by atoms with E-state index in [0.29, 0.717) is 12.0 Å². The van der Waals surface area contributed by atoms with Gasteiger partial charge in [-0.2, -0.15) is 4.98 Å². The van der Waals surface area contributed by atoms with Gasteiger partial charge in [-0.15, -0.1) is 5.10 Å². The second-order valence-electron chi connectivity index (χ2n) is 6.13. The summed E-state index contributed by atoms with van der Waals surface area (Å²) in [5, 5.41) is 8.20. The minimum Gasteiger partial charge on any atom is -0.338 e. The number of rotatable bonds is 5. The van der Waals surface area contributed by atoms with Gasteiger partial charge in [-0.3, -0.25) is 0 Å². The monoisotopic (exact) mass is 351 g/mol. The normalized spacial score (nSPS) is 18.8. The number of hydrogen-bond donors (Lipinski definition) is 1. The lowest BCUT2D eigenvalue weighted by Gasteiger charge is -2.26. The van der Waals surface area contributed by atoms with Crippen LogP contribution in [0, 0.1) is 5.92 Å². The van der Waals surface area contributed by atoms with Crippen LogP contribution >= 0.6 is 15.9 Å². The average Bonchev–Trinajstić information content (AvgIpc) is 3.06. The lowest BCUT2D eigenvalue weighted by molar-refractivity contribution is 0.534. The van der Waals surface area contributed by atoms with E-state index in [-0.39, 0.29) is 0 Å². The maximum absolute atomic E-state index is 4.71. The van der Waals surface area contributed by atoms with Crippen molar-refractivity contribution in [3.63, 3.8) is 0 Å². The molecule has 5 nitrogen and oxygen atoms in total. The molecule has 1 saturated heterocycles. The minimum atomic E-state index is 0.554. The summed E-state index contributed by atoms with van der Waals surface area (Å²) in [5.41, 5.74) is 0.876. The molecule has 1 N–H and O–H groups in total. The second-order valence-corrected chi connectivity index (χ2v) is 6.98. The topological polar surface area (TPSA) is 45.5 Å². The number of fused-ring (bicyclic) bond motifs is 1. The van der Waals surface area contributed by atoms with Crippen LogP contribution in [0.25, 0.3) is 5.65 Å². The lowest BCUT2D eigenvalue weighted by Crippen LogP contribution is -2.40. The van der Waals surface area contributed by atoms with Gasteiger partial charge >= 0.3 is 0 Å². The molecule has 1 fully saturated rings. The maximum Gasteiger partial charge on any atom is 0.245 e. The van der Waals surface area contributed by atoms with Crippen molar-refractivity contribution in [1.82, 2.24) is 19.9 Å². The Morgan fingerprint density at radius 3 is 3.05 bits per heavy atom. The number of nitrogens with zero attached hydrogens (tertiary/aromatic N) is 4. The first kappa shape index (κ1) is 14.8. The molecular weight excluding hydrogens is 330 g/mol. The van der Waals surface area contributed by atoms with Crippen molar-refractivity contribution in [2.45, 2.75) is 32.7 Å². The summed E-state index contributed by atoms with van der Waals surface area (Å²) in [6.45, 7) is 7.56. The molecule has 3 heterocycles. The van der Waals surface area contributed by atoms with Gasteiger partial charge in [0.25, 0.3) is 0 Å². The van der Waals surface area contributed by atoms with Crippen LogP contribution < -0.4 is 10.2 Å². The summed E-state index contributed by atoms with van der Waals surface area (Å²) in [4.78, 5) is 7.02. The molecule has 21 heavy (non-hydrogen) atoms. The zero-order valence-corrected chi connectivity index (χ0v) is 14.2. The Morgan fingerprint density at radius 2 is 2.38 bits per heavy atom. The van der Waals surface area contributed by atoms with Crippen molar-refractivity contribution in [3.8, 4) is 0 Å². The second kappa shape index (κ2) is 6.32. The van der Waals surface area contributed by atoms with Crippen LogP contribution in [-0.4, -0.2) is 40.3 Å². The van der Waals surface area contributed by atoms with E-state index in [9.17, 15) is 0 Å². The molecule has 0 spiro atoms. The van der Waals surface area contributed by atoms with Crippen LogP contribution in [0.4, 0.5) is 5.95 Å². The number of aromatic nitrogens is 3. The minimum absolute atomic E-state index is 0.554. The van der Waals surface area contributed by atoms with Crippen molar-refractivity contribution in [2.75, 3.05) is 24.5 Å². The highest BCUT2D eigenvalue weighted by atomic mass is 79.9. The quantitative estimate of drug-likeness (QED) is 0.899. The van der Waals surface area contributed by atoms with E-state index in [1.54, 1.807) is 0 Å². The first-order chi connectivity index (χ1) is 10.1. The highest BCUT2D eigenvalue weighted by molar-refractivity contribution is 9.10. The van der Waals surface area contributed by atoms with E-state index in [4.69, 9.17) is 4.98 Å². The molecular formula is C15H22BrN5. The molecule has 2 aromatic heterocycles. The van der Waals surface area contributed by atoms with E-state index in [0.717, 1.165) is 35.7 Å². The molecule has 2 aromatic rings. The summed E-state index contributed by atoms with van der Waals surface area (Å²) in [7, 11) is 0. The van der Waals surface area contributed by atoms with Crippen LogP contribution in [0.5, 0.6) is 0 Å². The Balaban J connectivity index is 1.87. The van der Waals surface area contributed by atoms with Gasteiger partial charge in [0.15, 0.2) is 5.65 Å². The first-order valence-electron chi connectivity index (χ1n) is 7.62. The van der Waals surface area contributed by atoms with Crippen molar-refractivity contribution < 1.29 is 0 Å². The molecule has 1 aliphatic heterocycles. The summed E-state index contributed by atoms with van der Waals surface area (Å²) in [6.07, 6.45) is 4.45. The van der Waals surface area contributed by atoms with Gasteiger partial charge in [-0.05, 0) is 53.4 Å². The molecule has 0 bridgehead atoms. The van der Waals surface area contributed by atoms with Gasteiger partial charge in [0.05, 0.1) is 4.47 Å². The third-order valence-electron chi connectivity index (χ3n) is 3.78. The zero-order chi connectivity index (χ0) is 14.8. The fourth-order valence-corrected chi connectivity index (χ4v) is 3.28. The molecule has 0 aromatic carbocycles. The van der Waals surface area contributed by atoms with E-state index < -0.39 is 0 Å². The summed E-state index contributed by atoms with van der Waals surface area (Å²) in [6, 6.07) is 4.53. The Bertz CT molecular complexity index is 603. The van der Waals surface area contributed by atoms with Crippen LogP contribution in [0.2, 0.25) is 0 Å². The molecule has 3 rings (SSSR count). The molecule has 0 aliphatic carbocycles. The van der Waals surface area contributed by atoms with E-state index >= 15 is 0 Å². The van der Waals surface area contributed by atoms with Crippen LogP contribution in [0.15, 0.2) is 22.8 Å². The zero-order valence-electron chi connectivity index (χ0n) is 12.6. The van der Waals surface area contributed by atoms with Crippen molar-refractivity contribution in [2.24, 2.45) is 5.92 Å². The largest absolute Gasteiger partial charge is 0.338 e. The van der Waals surface area contributed by atoms with E-state index in [1.807, 2.05) is 22.8 Å². The van der Waals surface area contributed by atoms with Gasteiger partial charge in [-0.1, -0.05) is 13.8 Å². The first-order valence-corrected chi connectivity index (χ1v) is 8.42. The number of hydrogen-bond acceptors (Lipinski definition) is 4. The fraction of sp³-hybridized carbons (Fsp3) is 0.600. The van der Waals surface area contributed by atoms with Gasteiger partial charge in [0.2, 0.25) is 5.95 Å². The molecule has 0 radical (unpaired) electrons. The Labute approximate surface area is 133 Å². The average molecular weight is 352 g/mol. The van der Waals surface area contributed by atoms with Crippen LogP contribution in [0.1, 0.15) is 26.7 Å². The fourth-order valence-electron chi connectivity index (χ4n) is 2.85. The Hall–Kier alpha value is -1.14. The Kier molecular flexibility index (Phi) is 4.45. The predicted molar refractivity (Wildman–Crippen MR) is 88.8 cm³/mol. The Morgan fingerprint density at radius 1 is 1.52 bits per heavy atom. The third-order valence-corrected chi connectivity index (χ3v) is 4.39. The SMILES string of the molecule is CC(C)CN(CC1CCCN1)c1nc2c(Br)cccn2n1. The molecule has 0 saturated carbocycles. The number of anilines is 1. The molecule has 1 aliphatic rings. The number of halogens is 1. The predicted octanol–water partition coefficient (Wildman–Crippen LogP) is 2.71.